The first-order valence-corrected chi connectivity index (χ1v) is 6.72. The molecule has 2 atom stereocenters. The first-order valence-electron chi connectivity index (χ1n) is 6.72. The van der Waals surface area contributed by atoms with Gasteiger partial charge in [0, 0.05) is 12.0 Å². The van der Waals surface area contributed by atoms with Gasteiger partial charge in [0.05, 0.1) is 0 Å². The predicted molar refractivity (Wildman–Crippen MR) is 67.8 cm³/mol. The lowest BCUT2D eigenvalue weighted by Crippen LogP contribution is -2.35. The predicted octanol–water partition coefficient (Wildman–Crippen LogP) is 3.20. The third kappa shape index (κ3) is 1.58. The van der Waals surface area contributed by atoms with Crippen molar-refractivity contribution in [2.24, 2.45) is 0 Å². The quantitative estimate of drug-likeness (QED) is 0.732. The Morgan fingerprint density at radius 2 is 2.12 bits per heavy atom. The fourth-order valence-corrected chi connectivity index (χ4v) is 3.66. The van der Waals surface area contributed by atoms with Crippen molar-refractivity contribution in [1.82, 2.24) is 4.90 Å². The second-order valence-electron chi connectivity index (χ2n) is 5.24. The highest BCUT2D eigenvalue weighted by molar-refractivity contribution is 5.35. The molecule has 0 bridgehead atoms. The zero-order valence-electron chi connectivity index (χ0n) is 10.2. The highest BCUT2D eigenvalue weighted by Crippen LogP contribution is 2.41. The molecule has 1 heteroatoms. The van der Waals surface area contributed by atoms with Gasteiger partial charge in [-0.05, 0) is 49.9 Å². The van der Waals surface area contributed by atoms with Crippen LogP contribution in [0.2, 0.25) is 0 Å². The molecule has 16 heavy (non-hydrogen) atoms. The van der Waals surface area contributed by atoms with Gasteiger partial charge in [-0.3, -0.25) is 4.90 Å². The topological polar surface area (TPSA) is 3.24 Å². The van der Waals surface area contributed by atoms with E-state index in [1.807, 2.05) is 0 Å². The summed E-state index contributed by atoms with van der Waals surface area (Å²) in [5.41, 5.74) is 3.26. The lowest BCUT2D eigenvalue weighted by molar-refractivity contribution is 0.227. The highest BCUT2D eigenvalue weighted by Gasteiger charge is 2.37. The number of fused-ring (bicyclic) bond motifs is 3. The smallest absolute Gasteiger partial charge is 0.0168 e. The molecule has 1 heterocycles. The largest absolute Gasteiger partial charge is 0.300 e. The number of hydrogen-bond donors (Lipinski definition) is 0. The van der Waals surface area contributed by atoms with Crippen LogP contribution in [0, 0.1) is 0 Å². The van der Waals surface area contributed by atoms with Gasteiger partial charge in [-0.1, -0.05) is 31.2 Å². The first-order chi connectivity index (χ1) is 7.90. The Kier molecular flexibility index (Phi) is 2.72. The fraction of sp³-hybridized carbons (Fsp3) is 0.600. The maximum absolute atomic E-state index is 2.72. The van der Waals surface area contributed by atoms with Gasteiger partial charge in [0.2, 0.25) is 0 Å². The second kappa shape index (κ2) is 4.21. The molecule has 0 N–H and O–H groups in total. The fourth-order valence-electron chi connectivity index (χ4n) is 3.66. The van der Waals surface area contributed by atoms with Crippen LogP contribution in [0.1, 0.15) is 43.2 Å². The van der Waals surface area contributed by atoms with Crippen LogP contribution in [0.4, 0.5) is 0 Å². The van der Waals surface area contributed by atoms with Crippen LogP contribution in [0.5, 0.6) is 0 Å². The van der Waals surface area contributed by atoms with Gasteiger partial charge in [-0.15, -0.1) is 0 Å². The van der Waals surface area contributed by atoms with Crippen molar-refractivity contribution < 1.29 is 0 Å². The maximum atomic E-state index is 2.72. The number of hydrogen-bond acceptors (Lipinski definition) is 1. The average Bonchev–Trinajstić information content (AvgIpc) is 2.73. The normalized spacial score (nSPS) is 28.8. The Morgan fingerprint density at radius 1 is 1.25 bits per heavy atom. The van der Waals surface area contributed by atoms with Crippen LogP contribution in [-0.4, -0.2) is 24.0 Å². The lowest BCUT2D eigenvalue weighted by atomic mass is 9.79. The van der Waals surface area contributed by atoms with Gasteiger partial charge >= 0.3 is 0 Å². The number of rotatable bonds is 2. The molecule has 2 aliphatic rings. The lowest BCUT2D eigenvalue weighted by Gasteiger charge is -2.33. The summed E-state index contributed by atoms with van der Waals surface area (Å²) in [5, 5.41) is 0. The van der Waals surface area contributed by atoms with E-state index in [0.29, 0.717) is 0 Å². The van der Waals surface area contributed by atoms with Crippen molar-refractivity contribution in [3.63, 3.8) is 0 Å². The van der Waals surface area contributed by atoms with E-state index in [1.165, 1.54) is 38.8 Å². The Morgan fingerprint density at radius 3 is 3.00 bits per heavy atom. The second-order valence-corrected chi connectivity index (χ2v) is 5.24. The van der Waals surface area contributed by atoms with Gasteiger partial charge in [-0.25, -0.2) is 0 Å². The number of benzene rings is 1. The first kappa shape index (κ1) is 10.3. The van der Waals surface area contributed by atoms with E-state index in [1.54, 1.807) is 11.1 Å². The molecule has 1 aliphatic heterocycles. The van der Waals surface area contributed by atoms with Crippen molar-refractivity contribution >= 4 is 0 Å². The van der Waals surface area contributed by atoms with Crippen LogP contribution in [0.3, 0.4) is 0 Å². The third-order valence-corrected chi connectivity index (χ3v) is 4.34. The van der Waals surface area contributed by atoms with E-state index in [2.05, 4.69) is 36.1 Å². The van der Waals surface area contributed by atoms with E-state index < -0.39 is 0 Å². The molecule has 1 nitrogen and oxygen atoms in total. The SMILES string of the molecule is CCCN1CC[C@H]2c3ccccc3CC[C@H]21. The Bertz CT molecular complexity index is 371. The Hall–Kier alpha value is -0.820. The number of aryl methyl sites for hydroxylation is 1. The molecular weight excluding hydrogens is 194 g/mol. The molecular formula is C15H21N. The van der Waals surface area contributed by atoms with E-state index in [4.69, 9.17) is 0 Å². The zero-order chi connectivity index (χ0) is 11.0. The van der Waals surface area contributed by atoms with Crippen molar-refractivity contribution in [1.29, 1.82) is 0 Å². The third-order valence-electron chi connectivity index (χ3n) is 4.34. The van der Waals surface area contributed by atoms with Crippen LogP contribution < -0.4 is 0 Å². The number of nitrogens with zero attached hydrogens (tertiary/aromatic N) is 1. The van der Waals surface area contributed by atoms with Crippen molar-refractivity contribution in [2.45, 2.75) is 44.6 Å². The van der Waals surface area contributed by atoms with Gasteiger partial charge in [0.15, 0.2) is 0 Å². The van der Waals surface area contributed by atoms with Gasteiger partial charge in [0.25, 0.3) is 0 Å². The van der Waals surface area contributed by atoms with E-state index in [0.717, 1.165) is 12.0 Å². The summed E-state index contributed by atoms with van der Waals surface area (Å²) in [4.78, 5) is 2.72. The molecule has 1 saturated heterocycles. The van der Waals surface area contributed by atoms with E-state index >= 15 is 0 Å². The Balaban J connectivity index is 1.87. The maximum Gasteiger partial charge on any atom is 0.0168 e. The van der Waals surface area contributed by atoms with Crippen molar-refractivity contribution in [3.8, 4) is 0 Å². The van der Waals surface area contributed by atoms with Crippen molar-refractivity contribution in [3.05, 3.63) is 35.4 Å². The molecule has 1 fully saturated rings. The average molecular weight is 215 g/mol. The summed E-state index contributed by atoms with van der Waals surface area (Å²) in [6, 6.07) is 9.94. The molecule has 86 valence electrons. The van der Waals surface area contributed by atoms with Gasteiger partial charge in [0.1, 0.15) is 0 Å². The van der Waals surface area contributed by atoms with Crippen LogP contribution in [0.25, 0.3) is 0 Å². The van der Waals surface area contributed by atoms with Gasteiger partial charge in [-0.2, -0.15) is 0 Å². The highest BCUT2D eigenvalue weighted by atomic mass is 15.2. The zero-order valence-corrected chi connectivity index (χ0v) is 10.2. The summed E-state index contributed by atoms with van der Waals surface area (Å²) in [5.74, 6) is 0.830. The molecule has 0 unspecified atom stereocenters. The summed E-state index contributed by atoms with van der Waals surface area (Å²) in [6.45, 7) is 4.91. The molecule has 3 rings (SSSR count). The van der Waals surface area contributed by atoms with E-state index in [9.17, 15) is 0 Å². The summed E-state index contributed by atoms with van der Waals surface area (Å²) in [7, 11) is 0. The van der Waals surface area contributed by atoms with Crippen molar-refractivity contribution in [2.75, 3.05) is 13.1 Å². The standard InChI is InChI=1S/C15H21N/c1-2-10-16-11-9-14-13-6-4-3-5-12(13)7-8-15(14)16/h3-6,14-15H,2,7-11H2,1H3/t14-,15+/m0/s1. The minimum absolute atomic E-state index is 0.830. The molecule has 1 aromatic carbocycles. The van der Waals surface area contributed by atoms with Crippen LogP contribution in [0.15, 0.2) is 24.3 Å². The summed E-state index contributed by atoms with van der Waals surface area (Å²) in [6.07, 6.45) is 5.34. The summed E-state index contributed by atoms with van der Waals surface area (Å²) >= 11 is 0. The summed E-state index contributed by atoms with van der Waals surface area (Å²) < 4.78 is 0. The molecule has 0 spiro atoms. The molecule has 0 radical (unpaired) electrons. The van der Waals surface area contributed by atoms with Crippen LogP contribution in [-0.2, 0) is 6.42 Å². The molecule has 1 aliphatic carbocycles. The molecule has 0 aromatic heterocycles. The minimum atomic E-state index is 0.830. The number of likely N-dealkylation sites (tertiary alicyclic amines) is 1. The van der Waals surface area contributed by atoms with Crippen LogP contribution >= 0.6 is 0 Å². The monoisotopic (exact) mass is 215 g/mol. The molecule has 0 saturated carbocycles. The van der Waals surface area contributed by atoms with E-state index in [-0.39, 0.29) is 0 Å². The minimum Gasteiger partial charge on any atom is -0.300 e. The molecule has 0 amide bonds. The molecule has 1 aromatic rings. The Labute approximate surface area is 98.5 Å². The van der Waals surface area contributed by atoms with Gasteiger partial charge < -0.3 is 0 Å².